The molecule has 0 saturated carbocycles. The van der Waals surface area contributed by atoms with Crippen LogP contribution in [0.3, 0.4) is 0 Å². The van der Waals surface area contributed by atoms with Crippen molar-refractivity contribution in [1.29, 1.82) is 0 Å². The minimum atomic E-state index is -0.157. The molecule has 0 aliphatic heterocycles. The SMILES string of the molecule is COc1ccc(CCN(C)Cc2ccc(NC(=O)/C=C/c3cccc(-c4ccc(C)cc4)c3)cc2)cc1OC.Cl. The summed E-state index contributed by atoms with van der Waals surface area (Å²) >= 11 is 0. The number of rotatable bonds is 11. The molecule has 0 radical (unpaired) electrons. The van der Waals surface area contributed by atoms with E-state index in [1.54, 1.807) is 20.3 Å². The Labute approximate surface area is 243 Å². The Bertz CT molecular complexity index is 1420. The fourth-order valence-corrected chi connectivity index (χ4v) is 4.36. The van der Waals surface area contributed by atoms with Gasteiger partial charge >= 0.3 is 0 Å². The lowest BCUT2D eigenvalue weighted by Gasteiger charge is -2.17. The van der Waals surface area contributed by atoms with Crippen molar-refractivity contribution in [1.82, 2.24) is 4.90 Å². The summed E-state index contributed by atoms with van der Waals surface area (Å²) in [6, 6.07) is 30.7. The monoisotopic (exact) mass is 556 g/mol. The Balaban J connectivity index is 0.00000441. The summed E-state index contributed by atoms with van der Waals surface area (Å²) in [5, 5.41) is 2.95. The van der Waals surface area contributed by atoms with Crippen molar-refractivity contribution in [2.75, 3.05) is 33.1 Å². The van der Waals surface area contributed by atoms with Crippen molar-refractivity contribution in [3.05, 3.63) is 119 Å². The minimum absolute atomic E-state index is 0. The van der Waals surface area contributed by atoms with E-state index in [1.807, 2.05) is 42.5 Å². The van der Waals surface area contributed by atoms with Gasteiger partial charge in [-0.25, -0.2) is 0 Å². The van der Waals surface area contributed by atoms with Crippen LogP contribution in [0.25, 0.3) is 17.2 Å². The van der Waals surface area contributed by atoms with E-state index in [2.05, 4.69) is 78.8 Å². The number of hydrogen-bond acceptors (Lipinski definition) is 4. The summed E-state index contributed by atoms with van der Waals surface area (Å²) < 4.78 is 10.7. The van der Waals surface area contributed by atoms with Crippen LogP contribution in [0.2, 0.25) is 0 Å². The Morgan fingerprint density at radius 2 is 1.52 bits per heavy atom. The standard InChI is InChI=1S/C34H36N2O3.ClH/c1-25-8-14-29(15-9-25)30-7-5-6-26(22-30)13-19-34(37)35-31-16-10-28(11-17-31)24-36(2)21-20-27-12-18-32(38-3)33(23-27)39-4;/h5-19,22-23H,20-21,24H2,1-4H3,(H,35,37);1H/b19-13+;. The second-order valence-electron chi connectivity index (χ2n) is 9.69. The zero-order valence-electron chi connectivity index (χ0n) is 23.5. The zero-order chi connectivity index (χ0) is 27.6. The Morgan fingerprint density at radius 3 is 2.23 bits per heavy atom. The third-order valence-electron chi connectivity index (χ3n) is 6.60. The molecular formula is C34H37ClN2O3. The van der Waals surface area contributed by atoms with Crippen molar-refractivity contribution >= 4 is 30.1 Å². The average molecular weight is 557 g/mol. The summed E-state index contributed by atoms with van der Waals surface area (Å²) in [6.45, 7) is 3.81. The molecule has 0 atom stereocenters. The number of anilines is 1. The van der Waals surface area contributed by atoms with E-state index in [0.717, 1.165) is 53.4 Å². The minimum Gasteiger partial charge on any atom is -0.493 e. The maximum absolute atomic E-state index is 12.5. The first-order valence-corrected chi connectivity index (χ1v) is 13.1. The van der Waals surface area contributed by atoms with Gasteiger partial charge in [0.15, 0.2) is 11.5 Å². The second-order valence-corrected chi connectivity index (χ2v) is 9.69. The van der Waals surface area contributed by atoms with Gasteiger partial charge in [0.1, 0.15) is 0 Å². The lowest BCUT2D eigenvalue weighted by atomic mass is 10.0. The first-order valence-electron chi connectivity index (χ1n) is 13.1. The van der Waals surface area contributed by atoms with Crippen molar-refractivity contribution in [3.63, 3.8) is 0 Å². The largest absolute Gasteiger partial charge is 0.493 e. The Kier molecular flexibility index (Phi) is 11.4. The van der Waals surface area contributed by atoms with Gasteiger partial charge in [-0.3, -0.25) is 4.79 Å². The molecule has 0 aliphatic carbocycles. The molecule has 4 aromatic carbocycles. The van der Waals surface area contributed by atoms with E-state index in [9.17, 15) is 4.79 Å². The summed E-state index contributed by atoms with van der Waals surface area (Å²) in [4.78, 5) is 14.8. The van der Waals surface area contributed by atoms with Gasteiger partial charge < -0.3 is 19.7 Å². The van der Waals surface area contributed by atoms with Crippen LogP contribution in [0.5, 0.6) is 11.5 Å². The van der Waals surface area contributed by atoms with Gasteiger partial charge in [-0.15, -0.1) is 12.4 Å². The fourth-order valence-electron chi connectivity index (χ4n) is 4.36. The number of nitrogens with zero attached hydrogens (tertiary/aromatic N) is 1. The van der Waals surface area contributed by atoms with E-state index in [-0.39, 0.29) is 18.3 Å². The normalized spacial score (nSPS) is 10.8. The number of methoxy groups -OCH3 is 2. The molecule has 0 spiro atoms. The van der Waals surface area contributed by atoms with Gasteiger partial charge in [0.25, 0.3) is 0 Å². The number of halogens is 1. The molecule has 0 aliphatic rings. The molecule has 0 aromatic heterocycles. The molecule has 40 heavy (non-hydrogen) atoms. The third kappa shape index (κ3) is 8.73. The van der Waals surface area contributed by atoms with Gasteiger partial charge in [0.2, 0.25) is 5.91 Å². The molecule has 208 valence electrons. The third-order valence-corrected chi connectivity index (χ3v) is 6.60. The highest BCUT2D eigenvalue weighted by Crippen LogP contribution is 2.28. The molecular weight excluding hydrogens is 520 g/mol. The van der Waals surface area contributed by atoms with Crippen LogP contribution in [-0.2, 0) is 17.8 Å². The number of nitrogens with one attached hydrogen (secondary N) is 1. The number of aryl methyl sites for hydroxylation is 1. The van der Waals surface area contributed by atoms with E-state index in [4.69, 9.17) is 9.47 Å². The molecule has 4 aromatic rings. The highest BCUT2D eigenvalue weighted by molar-refractivity contribution is 6.02. The van der Waals surface area contributed by atoms with Crippen LogP contribution in [0.1, 0.15) is 22.3 Å². The van der Waals surface area contributed by atoms with Crippen molar-refractivity contribution in [2.24, 2.45) is 0 Å². The average Bonchev–Trinajstić information content (AvgIpc) is 2.96. The molecule has 4 rings (SSSR count). The lowest BCUT2D eigenvalue weighted by Crippen LogP contribution is -2.20. The maximum atomic E-state index is 12.5. The number of ether oxygens (including phenoxy) is 2. The van der Waals surface area contributed by atoms with Gasteiger partial charge in [0, 0.05) is 24.9 Å². The number of likely N-dealkylation sites (N-methyl/N-ethyl adjacent to an activating group) is 1. The number of carbonyl (C=O) groups is 1. The first kappa shape index (κ1) is 30.5. The quantitative estimate of drug-likeness (QED) is 0.195. The van der Waals surface area contributed by atoms with Crippen LogP contribution >= 0.6 is 12.4 Å². The maximum Gasteiger partial charge on any atom is 0.248 e. The van der Waals surface area contributed by atoms with E-state index in [0.29, 0.717) is 0 Å². The van der Waals surface area contributed by atoms with E-state index < -0.39 is 0 Å². The van der Waals surface area contributed by atoms with E-state index >= 15 is 0 Å². The molecule has 0 saturated heterocycles. The molecule has 0 fully saturated rings. The Hall–Kier alpha value is -4.06. The topological polar surface area (TPSA) is 50.8 Å². The van der Waals surface area contributed by atoms with Crippen molar-refractivity contribution in [2.45, 2.75) is 19.9 Å². The molecule has 0 unspecified atom stereocenters. The highest BCUT2D eigenvalue weighted by atomic mass is 35.5. The molecule has 1 amide bonds. The van der Waals surface area contributed by atoms with Crippen LogP contribution in [0.15, 0.2) is 97.1 Å². The summed E-state index contributed by atoms with van der Waals surface area (Å²) in [5.74, 6) is 1.33. The number of carbonyl (C=O) groups excluding carboxylic acids is 1. The molecule has 0 bridgehead atoms. The molecule has 5 nitrogen and oxygen atoms in total. The molecule has 1 N–H and O–H groups in total. The number of benzene rings is 4. The Morgan fingerprint density at radius 1 is 0.825 bits per heavy atom. The van der Waals surface area contributed by atoms with Gasteiger partial charge in [-0.1, -0.05) is 66.2 Å². The summed E-state index contributed by atoms with van der Waals surface area (Å²) in [5.41, 5.74) is 7.66. The number of amides is 1. The first-order chi connectivity index (χ1) is 18.9. The van der Waals surface area contributed by atoms with Crippen molar-refractivity contribution < 1.29 is 14.3 Å². The van der Waals surface area contributed by atoms with Crippen LogP contribution in [-0.4, -0.2) is 38.6 Å². The zero-order valence-corrected chi connectivity index (χ0v) is 24.3. The van der Waals surface area contributed by atoms with Crippen LogP contribution in [0, 0.1) is 6.92 Å². The summed E-state index contributed by atoms with van der Waals surface area (Å²) in [7, 11) is 5.40. The van der Waals surface area contributed by atoms with E-state index in [1.165, 1.54) is 16.7 Å². The van der Waals surface area contributed by atoms with Gasteiger partial charge in [-0.05, 0) is 84.6 Å². The second kappa shape index (κ2) is 14.9. The predicted molar refractivity (Wildman–Crippen MR) is 168 cm³/mol. The smallest absolute Gasteiger partial charge is 0.248 e. The summed E-state index contributed by atoms with van der Waals surface area (Å²) in [6.07, 6.45) is 4.32. The fraction of sp³-hybridized carbons (Fsp3) is 0.206. The number of hydrogen-bond donors (Lipinski definition) is 1. The molecule has 0 heterocycles. The van der Waals surface area contributed by atoms with Crippen molar-refractivity contribution in [3.8, 4) is 22.6 Å². The lowest BCUT2D eigenvalue weighted by molar-refractivity contribution is -0.111. The van der Waals surface area contributed by atoms with Crippen LogP contribution < -0.4 is 14.8 Å². The van der Waals surface area contributed by atoms with Gasteiger partial charge in [-0.2, -0.15) is 0 Å². The van der Waals surface area contributed by atoms with Gasteiger partial charge in [0.05, 0.1) is 14.2 Å². The predicted octanol–water partition coefficient (Wildman–Crippen LogP) is 7.43. The molecule has 6 heteroatoms. The highest BCUT2D eigenvalue weighted by Gasteiger charge is 2.07. The van der Waals surface area contributed by atoms with Crippen LogP contribution in [0.4, 0.5) is 5.69 Å².